The van der Waals surface area contributed by atoms with Crippen molar-refractivity contribution in [1.29, 1.82) is 0 Å². The highest BCUT2D eigenvalue weighted by molar-refractivity contribution is 5.80. The highest BCUT2D eigenvalue weighted by Gasteiger charge is 2.28. The van der Waals surface area contributed by atoms with Crippen molar-refractivity contribution in [2.24, 2.45) is 5.92 Å². The van der Waals surface area contributed by atoms with Crippen LogP contribution in [0.1, 0.15) is 49.2 Å². The van der Waals surface area contributed by atoms with Gasteiger partial charge in [-0.1, -0.05) is 110 Å². The van der Waals surface area contributed by atoms with E-state index in [1.165, 1.54) is 6.92 Å². The molecular formula is C30H32O5. The van der Waals surface area contributed by atoms with E-state index < -0.39 is 24.1 Å². The third-order valence-corrected chi connectivity index (χ3v) is 5.34. The standard InChI is InChI=1S/C30H32O5/c1-23(21-33-22-25-14-6-3-7-15-25)13-12-20-28(26-16-8-4-9-17-26)35-30(32)29(34-24(2)31)27-18-10-5-11-19-27/h3-19,23,28-29H,20-22H2,1-2H3/b13-12-/t23-,28+,29-/m1/s1. The molecule has 35 heavy (non-hydrogen) atoms. The first-order valence-electron chi connectivity index (χ1n) is 11.8. The zero-order chi connectivity index (χ0) is 24.9. The van der Waals surface area contributed by atoms with Crippen molar-refractivity contribution in [3.05, 3.63) is 120 Å². The van der Waals surface area contributed by atoms with Gasteiger partial charge in [0.25, 0.3) is 0 Å². The van der Waals surface area contributed by atoms with E-state index in [-0.39, 0.29) is 5.92 Å². The van der Waals surface area contributed by atoms with Gasteiger partial charge in [-0.25, -0.2) is 4.79 Å². The monoisotopic (exact) mass is 472 g/mol. The topological polar surface area (TPSA) is 61.8 Å². The molecule has 3 rings (SSSR count). The largest absolute Gasteiger partial charge is 0.454 e. The summed E-state index contributed by atoms with van der Waals surface area (Å²) in [4.78, 5) is 24.8. The molecule has 0 spiro atoms. The van der Waals surface area contributed by atoms with Crippen molar-refractivity contribution in [2.45, 2.75) is 39.1 Å². The minimum atomic E-state index is -1.12. The van der Waals surface area contributed by atoms with Crippen molar-refractivity contribution in [1.82, 2.24) is 0 Å². The van der Waals surface area contributed by atoms with Crippen LogP contribution in [-0.2, 0) is 30.4 Å². The molecule has 0 aliphatic carbocycles. The van der Waals surface area contributed by atoms with Crippen molar-refractivity contribution < 1.29 is 23.8 Å². The summed E-state index contributed by atoms with van der Waals surface area (Å²) >= 11 is 0. The minimum Gasteiger partial charge on any atom is -0.454 e. The Morgan fingerprint density at radius 2 is 1.37 bits per heavy atom. The minimum absolute atomic E-state index is 0.198. The van der Waals surface area contributed by atoms with Gasteiger partial charge in [0.15, 0.2) is 0 Å². The van der Waals surface area contributed by atoms with Crippen LogP contribution in [0.15, 0.2) is 103 Å². The normalized spacial score (nSPS) is 13.7. The fourth-order valence-corrected chi connectivity index (χ4v) is 3.59. The van der Waals surface area contributed by atoms with E-state index in [2.05, 4.69) is 13.0 Å². The second kappa shape index (κ2) is 13.9. The molecule has 5 heteroatoms. The molecule has 3 aromatic rings. The molecule has 0 radical (unpaired) electrons. The van der Waals surface area contributed by atoms with Gasteiger partial charge in [0.2, 0.25) is 6.10 Å². The molecule has 0 saturated carbocycles. The maximum absolute atomic E-state index is 13.1. The molecule has 0 fully saturated rings. The number of benzene rings is 3. The van der Waals surface area contributed by atoms with Crippen LogP contribution in [-0.4, -0.2) is 18.5 Å². The average Bonchev–Trinajstić information content (AvgIpc) is 2.88. The van der Waals surface area contributed by atoms with E-state index >= 15 is 0 Å². The van der Waals surface area contributed by atoms with E-state index in [9.17, 15) is 9.59 Å². The van der Waals surface area contributed by atoms with Gasteiger partial charge in [-0.05, 0) is 17.0 Å². The van der Waals surface area contributed by atoms with E-state index in [0.717, 1.165) is 11.1 Å². The lowest BCUT2D eigenvalue weighted by Gasteiger charge is -2.22. The fourth-order valence-electron chi connectivity index (χ4n) is 3.59. The molecule has 5 nitrogen and oxygen atoms in total. The number of carbonyl (C=O) groups excluding carboxylic acids is 2. The molecule has 0 heterocycles. The molecule has 0 bridgehead atoms. The van der Waals surface area contributed by atoms with Gasteiger partial charge in [-0.3, -0.25) is 4.79 Å². The van der Waals surface area contributed by atoms with Crippen molar-refractivity contribution in [3.63, 3.8) is 0 Å². The van der Waals surface area contributed by atoms with Gasteiger partial charge in [0, 0.05) is 18.9 Å². The number of rotatable bonds is 12. The van der Waals surface area contributed by atoms with Crippen LogP contribution in [0.3, 0.4) is 0 Å². The highest BCUT2D eigenvalue weighted by Crippen LogP contribution is 2.27. The van der Waals surface area contributed by atoms with Gasteiger partial charge < -0.3 is 14.2 Å². The smallest absolute Gasteiger partial charge is 0.352 e. The lowest BCUT2D eigenvalue weighted by atomic mass is 10.0. The number of hydrogen-bond acceptors (Lipinski definition) is 5. The summed E-state index contributed by atoms with van der Waals surface area (Å²) in [7, 11) is 0. The Labute approximate surface area is 207 Å². The number of esters is 2. The van der Waals surface area contributed by atoms with Crippen molar-refractivity contribution >= 4 is 11.9 Å². The lowest BCUT2D eigenvalue weighted by molar-refractivity contribution is -0.171. The number of carbonyl (C=O) groups is 2. The Kier molecular flexibility index (Phi) is 10.3. The summed E-state index contributed by atoms with van der Waals surface area (Å²) in [5.74, 6) is -0.951. The molecule has 0 aromatic heterocycles. The summed E-state index contributed by atoms with van der Waals surface area (Å²) in [5, 5.41) is 0. The summed E-state index contributed by atoms with van der Waals surface area (Å²) in [6.45, 7) is 4.52. The first-order chi connectivity index (χ1) is 17.0. The van der Waals surface area contributed by atoms with Crippen LogP contribution >= 0.6 is 0 Å². The average molecular weight is 473 g/mol. The summed E-state index contributed by atoms with van der Waals surface area (Å²) < 4.78 is 17.0. The molecule has 0 unspecified atom stereocenters. The van der Waals surface area contributed by atoms with E-state index in [1.54, 1.807) is 24.3 Å². The van der Waals surface area contributed by atoms with E-state index in [4.69, 9.17) is 14.2 Å². The third kappa shape index (κ3) is 8.87. The Morgan fingerprint density at radius 1 is 0.800 bits per heavy atom. The van der Waals surface area contributed by atoms with Crippen LogP contribution in [0, 0.1) is 5.92 Å². The van der Waals surface area contributed by atoms with Gasteiger partial charge in [0.05, 0.1) is 13.2 Å². The van der Waals surface area contributed by atoms with Gasteiger partial charge in [-0.2, -0.15) is 0 Å². The summed E-state index contributed by atoms with van der Waals surface area (Å²) in [6, 6.07) is 28.5. The molecule has 182 valence electrons. The third-order valence-electron chi connectivity index (χ3n) is 5.34. The predicted octanol–water partition coefficient (Wildman–Crippen LogP) is 6.37. The van der Waals surface area contributed by atoms with Crippen molar-refractivity contribution in [2.75, 3.05) is 6.61 Å². The molecular weight excluding hydrogens is 440 g/mol. The molecule has 3 atom stereocenters. The Bertz CT molecular complexity index is 1060. The molecule has 0 N–H and O–H groups in total. The predicted molar refractivity (Wildman–Crippen MR) is 135 cm³/mol. The van der Waals surface area contributed by atoms with Crippen LogP contribution in [0.2, 0.25) is 0 Å². The quantitative estimate of drug-likeness (QED) is 0.226. The first-order valence-corrected chi connectivity index (χ1v) is 11.8. The van der Waals surface area contributed by atoms with Gasteiger partial charge in [-0.15, -0.1) is 0 Å². The zero-order valence-corrected chi connectivity index (χ0v) is 20.2. The Hall–Kier alpha value is -3.70. The maximum atomic E-state index is 13.1. The Balaban J connectivity index is 1.63. The lowest BCUT2D eigenvalue weighted by Crippen LogP contribution is -2.23. The molecule has 3 aromatic carbocycles. The zero-order valence-electron chi connectivity index (χ0n) is 20.2. The Morgan fingerprint density at radius 3 is 1.97 bits per heavy atom. The SMILES string of the molecule is CC(=O)O[C@@H](C(=O)O[C@@H](C/C=C\[C@@H](C)COCc1ccccc1)c1ccccc1)c1ccccc1. The first kappa shape index (κ1) is 25.9. The van der Waals surface area contributed by atoms with Crippen LogP contribution < -0.4 is 0 Å². The molecule has 0 saturated heterocycles. The number of ether oxygens (including phenoxy) is 3. The summed E-state index contributed by atoms with van der Waals surface area (Å²) in [5.41, 5.74) is 2.58. The van der Waals surface area contributed by atoms with E-state index in [1.807, 2.05) is 72.8 Å². The highest BCUT2D eigenvalue weighted by atomic mass is 16.6. The van der Waals surface area contributed by atoms with Crippen LogP contribution in [0.4, 0.5) is 0 Å². The second-order valence-corrected chi connectivity index (χ2v) is 8.38. The fraction of sp³-hybridized carbons (Fsp3) is 0.267. The molecule has 0 amide bonds. The van der Waals surface area contributed by atoms with Gasteiger partial charge in [0.1, 0.15) is 6.10 Å². The summed E-state index contributed by atoms with van der Waals surface area (Å²) in [6.07, 6.45) is 2.93. The van der Waals surface area contributed by atoms with Crippen molar-refractivity contribution in [3.8, 4) is 0 Å². The second-order valence-electron chi connectivity index (χ2n) is 8.38. The van der Waals surface area contributed by atoms with Crippen LogP contribution in [0.5, 0.6) is 0 Å². The number of hydrogen-bond donors (Lipinski definition) is 0. The molecule has 0 aliphatic rings. The van der Waals surface area contributed by atoms with Gasteiger partial charge >= 0.3 is 11.9 Å². The van der Waals surface area contributed by atoms with Crippen LogP contribution in [0.25, 0.3) is 0 Å². The molecule has 0 aliphatic heterocycles. The van der Waals surface area contributed by atoms with E-state index in [0.29, 0.717) is 25.2 Å². The maximum Gasteiger partial charge on any atom is 0.352 e.